The molecule has 0 bridgehead atoms. The molecule has 134 valence electrons. The second kappa shape index (κ2) is 9.16. The number of carbonyl (C=O) groups is 1. The molecule has 2 rings (SSSR count). The second-order valence-corrected chi connectivity index (χ2v) is 6.96. The number of hydrogen-bond donors (Lipinski definition) is 1. The van der Waals surface area contributed by atoms with Gasteiger partial charge in [0.15, 0.2) is 0 Å². The third-order valence-electron chi connectivity index (χ3n) is 4.84. The Bertz CT molecular complexity index is 527. The van der Waals surface area contributed by atoms with Crippen LogP contribution in [0.15, 0.2) is 24.3 Å². The van der Waals surface area contributed by atoms with Gasteiger partial charge in [-0.15, -0.1) is 0 Å². The van der Waals surface area contributed by atoms with Gasteiger partial charge in [-0.25, -0.2) is 0 Å². The van der Waals surface area contributed by atoms with E-state index < -0.39 is 6.10 Å². The predicted octanol–water partition coefficient (Wildman–Crippen LogP) is 0.994. The van der Waals surface area contributed by atoms with Crippen LogP contribution in [0.3, 0.4) is 0 Å². The van der Waals surface area contributed by atoms with Crippen LogP contribution < -0.4 is 0 Å². The van der Waals surface area contributed by atoms with Crippen LogP contribution in [0.2, 0.25) is 0 Å². The largest absolute Gasteiger partial charge is 0.390 e. The van der Waals surface area contributed by atoms with Gasteiger partial charge in [-0.3, -0.25) is 9.69 Å². The van der Waals surface area contributed by atoms with Crippen molar-refractivity contribution < 1.29 is 9.90 Å². The van der Waals surface area contributed by atoms with E-state index in [1.54, 1.807) is 11.9 Å². The molecule has 1 aliphatic heterocycles. The second-order valence-electron chi connectivity index (χ2n) is 6.96. The lowest BCUT2D eigenvalue weighted by Crippen LogP contribution is -2.49. The standard InChI is InChI=1S/C19H31N3O2/c1-16-6-4-5-7-17(16)8-9-19(24)21(3)14-18(23)15-22-12-10-20(2)11-13-22/h4-7,18,23H,8-15H2,1-3H3. The SMILES string of the molecule is Cc1ccccc1CCC(=O)N(C)CC(O)CN1CCN(C)CC1. The quantitative estimate of drug-likeness (QED) is 0.808. The number of β-amino-alcohol motifs (C(OH)–C–C–N with tert-alkyl or cyclic N) is 1. The number of amides is 1. The first-order chi connectivity index (χ1) is 11.5. The van der Waals surface area contributed by atoms with Crippen LogP contribution in [0, 0.1) is 6.92 Å². The molecule has 1 aromatic carbocycles. The van der Waals surface area contributed by atoms with E-state index in [0.717, 1.165) is 32.6 Å². The maximum atomic E-state index is 12.3. The van der Waals surface area contributed by atoms with Crippen molar-refractivity contribution in [2.24, 2.45) is 0 Å². The van der Waals surface area contributed by atoms with Gasteiger partial charge in [0.25, 0.3) is 0 Å². The summed E-state index contributed by atoms with van der Waals surface area (Å²) in [5.41, 5.74) is 2.44. The fourth-order valence-electron chi connectivity index (χ4n) is 3.13. The number of piperazine rings is 1. The minimum atomic E-state index is -0.485. The molecule has 0 saturated carbocycles. The van der Waals surface area contributed by atoms with Gasteiger partial charge in [0.2, 0.25) is 5.91 Å². The Morgan fingerprint density at radius 2 is 1.92 bits per heavy atom. The summed E-state index contributed by atoms with van der Waals surface area (Å²) in [7, 11) is 3.90. The Morgan fingerprint density at radius 3 is 2.58 bits per heavy atom. The number of rotatable bonds is 7. The molecule has 1 aliphatic rings. The van der Waals surface area contributed by atoms with E-state index >= 15 is 0 Å². The number of nitrogens with zero attached hydrogens (tertiary/aromatic N) is 3. The molecule has 1 amide bonds. The monoisotopic (exact) mass is 333 g/mol. The molecule has 5 heteroatoms. The number of benzene rings is 1. The van der Waals surface area contributed by atoms with Gasteiger partial charge in [0, 0.05) is 52.7 Å². The summed E-state index contributed by atoms with van der Waals surface area (Å²) < 4.78 is 0. The van der Waals surface area contributed by atoms with Crippen molar-refractivity contribution in [3.8, 4) is 0 Å². The van der Waals surface area contributed by atoms with Crippen molar-refractivity contribution in [2.45, 2.75) is 25.9 Å². The summed E-state index contributed by atoms with van der Waals surface area (Å²) in [5.74, 6) is 0.0932. The smallest absolute Gasteiger partial charge is 0.222 e. The molecule has 1 atom stereocenters. The minimum absolute atomic E-state index is 0.0932. The summed E-state index contributed by atoms with van der Waals surface area (Å²) in [6, 6.07) is 8.17. The molecular formula is C19H31N3O2. The summed E-state index contributed by atoms with van der Waals surface area (Å²) in [5, 5.41) is 10.3. The van der Waals surface area contributed by atoms with E-state index in [4.69, 9.17) is 0 Å². The third-order valence-corrected chi connectivity index (χ3v) is 4.84. The number of aliphatic hydroxyl groups excluding tert-OH is 1. The molecule has 1 saturated heterocycles. The molecule has 1 aromatic rings. The van der Waals surface area contributed by atoms with Crippen molar-refractivity contribution in [3.05, 3.63) is 35.4 Å². The molecule has 1 unspecified atom stereocenters. The van der Waals surface area contributed by atoms with Crippen LogP contribution in [0.5, 0.6) is 0 Å². The lowest BCUT2D eigenvalue weighted by atomic mass is 10.0. The van der Waals surface area contributed by atoms with E-state index in [1.807, 2.05) is 12.1 Å². The van der Waals surface area contributed by atoms with Crippen LogP contribution in [-0.4, -0.2) is 85.2 Å². The van der Waals surface area contributed by atoms with Gasteiger partial charge in [-0.1, -0.05) is 24.3 Å². The molecule has 0 aromatic heterocycles. The topological polar surface area (TPSA) is 47.0 Å². The Kier molecular flexibility index (Phi) is 7.21. The van der Waals surface area contributed by atoms with Gasteiger partial charge in [0.05, 0.1) is 6.10 Å². The average Bonchev–Trinajstić information content (AvgIpc) is 2.56. The van der Waals surface area contributed by atoms with Gasteiger partial charge in [0.1, 0.15) is 0 Å². The van der Waals surface area contributed by atoms with Crippen molar-refractivity contribution in [3.63, 3.8) is 0 Å². The van der Waals surface area contributed by atoms with Gasteiger partial charge >= 0.3 is 0 Å². The maximum Gasteiger partial charge on any atom is 0.222 e. The Labute approximate surface area is 145 Å². The summed E-state index contributed by atoms with van der Waals surface area (Å²) in [6.45, 7) is 7.17. The fourth-order valence-corrected chi connectivity index (χ4v) is 3.13. The van der Waals surface area contributed by atoms with Gasteiger partial charge in [-0.2, -0.15) is 0 Å². The average molecular weight is 333 g/mol. The van der Waals surface area contributed by atoms with Crippen LogP contribution in [0.1, 0.15) is 17.5 Å². The van der Waals surface area contributed by atoms with E-state index in [9.17, 15) is 9.90 Å². The van der Waals surface area contributed by atoms with Crippen LogP contribution in [0.4, 0.5) is 0 Å². The van der Waals surface area contributed by atoms with Gasteiger partial charge < -0.3 is 14.9 Å². The number of likely N-dealkylation sites (N-methyl/N-ethyl adjacent to an activating group) is 2. The zero-order valence-corrected chi connectivity index (χ0v) is 15.2. The first-order valence-corrected chi connectivity index (χ1v) is 8.83. The van der Waals surface area contributed by atoms with E-state index in [-0.39, 0.29) is 5.91 Å². The summed E-state index contributed by atoms with van der Waals surface area (Å²) in [6.07, 6.45) is 0.758. The highest BCUT2D eigenvalue weighted by Crippen LogP contribution is 2.10. The van der Waals surface area contributed by atoms with Crippen LogP contribution in [0.25, 0.3) is 0 Å². The molecule has 1 heterocycles. The normalized spacial score (nSPS) is 17.7. The van der Waals surface area contributed by atoms with Gasteiger partial charge in [-0.05, 0) is 31.5 Å². The lowest BCUT2D eigenvalue weighted by molar-refractivity contribution is -0.131. The summed E-state index contributed by atoms with van der Waals surface area (Å²) >= 11 is 0. The van der Waals surface area contributed by atoms with Crippen molar-refractivity contribution >= 4 is 5.91 Å². The number of hydrogen-bond acceptors (Lipinski definition) is 4. The first-order valence-electron chi connectivity index (χ1n) is 8.83. The van der Waals surface area contributed by atoms with E-state index in [0.29, 0.717) is 19.5 Å². The maximum absolute atomic E-state index is 12.3. The number of carbonyl (C=O) groups excluding carboxylic acids is 1. The first kappa shape index (κ1) is 18.9. The number of aryl methyl sites for hydroxylation is 2. The minimum Gasteiger partial charge on any atom is -0.390 e. The zero-order valence-electron chi connectivity index (χ0n) is 15.2. The Morgan fingerprint density at radius 1 is 1.25 bits per heavy atom. The zero-order chi connectivity index (χ0) is 17.5. The molecule has 24 heavy (non-hydrogen) atoms. The van der Waals surface area contributed by atoms with E-state index in [1.165, 1.54) is 11.1 Å². The predicted molar refractivity (Wildman–Crippen MR) is 97.1 cm³/mol. The molecule has 1 fully saturated rings. The number of aliphatic hydroxyl groups is 1. The lowest BCUT2D eigenvalue weighted by Gasteiger charge is -2.34. The van der Waals surface area contributed by atoms with Crippen LogP contribution in [-0.2, 0) is 11.2 Å². The molecule has 0 spiro atoms. The highest BCUT2D eigenvalue weighted by molar-refractivity contribution is 5.76. The highest BCUT2D eigenvalue weighted by atomic mass is 16.3. The van der Waals surface area contributed by atoms with Crippen molar-refractivity contribution in [2.75, 3.05) is 53.4 Å². The third kappa shape index (κ3) is 5.89. The van der Waals surface area contributed by atoms with E-state index in [2.05, 4.69) is 35.9 Å². The Hall–Kier alpha value is -1.43. The Balaban J connectivity index is 1.71. The van der Waals surface area contributed by atoms with Crippen LogP contribution >= 0.6 is 0 Å². The molecular weight excluding hydrogens is 302 g/mol. The highest BCUT2D eigenvalue weighted by Gasteiger charge is 2.19. The molecule has 0 radical (unpaired) electrons. The summed E-state index contributed by atoms with van der Waals surface area (Å²) in [4.78, 5) is 18.5. The fraction of sp³-hybridized carbons (Fsp3) is 0.632. The molecule has 1 N–H and O–H groups in total. The van der Waals surface area contributed by atoms with Crippen molar-refractivity contribution in [1.82, 2.24) is 14.7 Å². The molecule has 0 aliphatic carbocycles. The van der Waals surface area contributed by atoms with Crippen molar-refractivity contribution in [1.29, 1.82) is 0 Å². The molecule has 5 nitrogen and oxygen atoms in total.